The quantitative estimate of drug-likeness (QED) is 0.706. The predicted octanol–water partition coefficient (Wildman–Crippen LogP) is 1.92. The topological polar surface area (TPSA) is 29.5 Å². The highest BCUT2D eigenvalue weighted by molar-refractivity contribution is 5.89. The molecule has 1 aromatic carbocycles. The molecule has 0 aliphatic rings. The van der Waals surface area contributed by atoms with Gasteiger partial charge in [-0.25, -0.2) is 4.79 Å². The van der Waals surface area contributed by atoms with Gasteiger partial charge < -0.3 is 9.64 Å². The maximum absolute atomic E-state index is 11.3. The summed E-state index contributed by atoms with van der Waals surface area (Å²) in [7, 11) is 4.03. The Morgan fingerprint density at radius 3 is 2.33 bits per heavy atom. The first kappa shape index (κ1) is 11.7. The minimum absolute atomic E-state index is 0.256. The highest BCUT2D eigenvalue weighted by atomic mass is 16.5. The zero-order valence-electron chi connectivity index (χ0n) is 9.49. The van der Waals surface area contributed by atoms with Crippen LogP contribution in [0.3, 0.4) is 0 Å². The van der Waals surface area contributed by atoms with Gasteiger partial charge in [-0.05, 0) is 38.7 Å². The average Bonchev–Trinajstić information content (AvgIpc) is 2.18. The molecule has 1 rings (SSSR count). The minimum Gasteiger partial charge on any atom is -0.462 e. The van der Waals surface area contributed by atoms with E-state index in [0.717, 1.165) is 6.54 Å². The van der Waals surface area contributed by atoms with Crippen molar-refractivity contribution in [3.8, 4) is 0 Å². The summed E-state index contributed by atoms with van der Waals surface area (Å²) in [5.41, 5.74) is 1.80. The summed E-state index contributed by atoms with van der Waals surface area (Å²) in [6, 6.07) is 7.51. The van der Waals surface area contributed by atoms with E-state index in [2.05, 4.69) is 4.90 Å². The van der Waals surface area contributed by atoms with Crippen LogP contribution < -0.4 is 0 Å². The van der Waals surface area contributed by atoms with Crippen LogP contribution in [-0.2, 0) is 11.3 Å². The largest absolute Gasteiger partial charge is 0.462 e. The molecule has 0 saturated carbocycles. The SMILES string of the molecule is CCOC(=O)c1ccc(CN(C)C)cc1. The van der Waals surface area contributed by atoms with Gasteiger partial charge in [0, 0.05) is 6.54 Å². The number of carbonyl (C=O) groups excluding carboxylic acids is 1. The van der Waals surface area contributed by atoms with Crippen molar-refractivity contribution >= 4 is 5.97 Å². The molecule has 0 radical (unpaired) electrons. The smallest absolute Gasteiger partial charge is 0.338 e. The molecular weight excluding hydrogens is 190 g/mol. The highest BCUT2D eigenvalue weighted by Gasteiger charge is 2.05. The molecule has 0 spiro atoms. The predicted molar refractivity (Wildman–Crippen MR) is 59.8 cm³/mol. The van der Waals surface area contributed by atoms with Crippen molar-refractivity contribution in [1.82, 2.24) is 4.90 Å². The number of benzene rings is 1. The Labute approximate surface area is 90.7 Å². The molecule has 0 aromatic heterocycles. The molecule has 0 bridgehead atoms. The van der Waals surface area contributed by atoms with Crippen LogP contribution in [0.2, 0.25) is 0 Å². The van der Waals surface area contributed by atoms with Crippen molar-refractivity contribution < 1.29 is 9.53 Å². The van der Waals surface area contributed by atoms with E-state index in [9.17, 15) is 4.79 Å². The zero-order chi connectivity index (χ0) is 11.3. The van der Waals surface area contributed by atoms with Gasteiger partial charge in [0.25, 0.3) is 0 Å². The number of hydrogen-bond acceptors (Lipinski definition) is 3. The molecule has 0 N–H and O–H groups in total. The van der Waals surface area contributed by atoms with Gasteiger partial charge >= 0.3 is 5.97 Å². The summed E-state index contributed by atoms with van der Waals surface area (Å²) in [6.07, 6.45) is 0. The van der Waals surface area contributed by atoms with E-state index in [1.807, 2.05) is 26.2 Å². The number of ether oxygens (including phenoxy) is 1. The Morgan fingerprint density at radius 1 is 1.27 bits per heavy atom. The molecule has 1 aromatic rings. The first-order valence-corrected chi connectivity index (χ1v) is 5.04. The zero-order valence-corrected chi connectivity index (χ0v) is 9.49. The maximum Gasteiger partial charge on any atom is 0.338 e. The fraction of sp³-hybridized carbons (Fsp3) is 0.417. The Morgan fingerprint density at radius 2 is 1.87 bits per heavy atom. The van der Waals surface area contributed by atoms with Gasteiger partial charge in [-0.1, -0.05) is 12.1 Å². The number of esters is 1. The number of carbonyl (C=O) groups is 1. The second-order valence-corrected chi connectivity index (χ2v) is 3.66. The maximum atomic E-state index is 11.3. The monoisotopic (exact) mass is 207 g/mol. The lowest BCUT2D eigenvalue weighted by Crippen LogP contribution is -2.11. The highest BCUT2D eigenvalue weighted by Crippen LogP contribution is 2.07. The van der Waals surface area contributed by atoms with Crippen LogP contribution in [0.1, 0.15) is 22.8 Å². The van der Waals surface area contributed by atoms with Crippen LogP contribution in [0.15, 0.2) is 24.3 Å². The minimum atomic E-state index is -0.256. The summed E-state index contributed by atoms with van der Waals surface area (Å²) in [5.74, 6) is -0.256. The molecule has 82 valence electrons. The summed E-state index contributed by atoms with van der Waals surface area (Å²) in [4.78, 5) is 13.4. The van der Waals surface area contributed by atoms with E-state index < -0.39 is 0 Å². The molecule has 0 atom stereocenters. The van der Waals surface area contributed by atoms with Gasteiger partial charge in [-0.3, -0.25) is 0 Å². The summed E-state index contributed by atoms with van der Waals surface area (Å²) in [5, 5.41) is 0. The number of rotatable bonds is 4. The molecule has 0 amide bonds. The molecule has 0 fully saturated rings. The van der Waals surface area contributed by atoms with Crippen LogP contribution in [0.25, 0.3) is 0 Å². The van der Waals surface area contributed by atoms with Gasteiger partial charge in [-0.15, -0.1) is 0 Å². The summed E-state index contributed by atoms with van der Waals surface area (Å²) >= 11 is 0. The molecule has 0 unspecified atom stereocenters. The number of hydrogen-bond donors (Lipinski definition) is 0. The van der Waals surface area contributed by atoms with Crippen LogP contribution in [0, 0.1) is 0 Å². The van der Waals surface area contributed by atoms with Gasteiger partial charge in [0.2, 0.25) is 0 Å². The standard InChI is InChI=1S/C12H17NO2/c1-4-15-12(14)11-7-5-10(6-8-11)9-13(2)3/h5-8H,4,9H2,1-3H3. The third-order valence-electron chi connectivity index (χ3n) is 1.96. The molecule has 0 aliphatic carbocycles. The lowest BCUT2D eigenvalue weighted by Gasteiger charge is -2.09. The first-order chi connectivity index (χ1) is 7.13. The van der Waals surface area contributed by atoms with E-state index in [-0.39, 0.29) is 5.97 Å². The van der Waals surface area contributed by atoms with Crippen LogP contribution >= 0.6 is 0 Å². The molecule has 0 saturated heterocycles. The summed E-state index contributed by atoms with van der Waals surface area (Å²) < 4.78 is 4.90. The Kier molecular flexibility index (Phi) is 4.31. The molecular formula is C12H17NO2. The second-order valence-electron chi connectivity index (χ2n) is 3.66. The van der Waals surface area contributed by atoms with E-state index in [4.69, 9.17) is 4.74 Å². The van der Waals surface area contributed by atoms with E-state index in [0.29, 0.717) is 12.2 Å². The third-order valence-corrected chi connectivity index (χ3v) is 1.96. The normalized spacial score (nSPS) is 10.4. The second kappa shape index (κ2) is 5.51. The van der Waals surface area contributed by atoms with Crippen molar-refractivity contribution in [3.05, 3.63) is 35.4 Å². The summed E-state index contributed by atoms with van der Waals surface area (Å²) in [6.45, 7) is 3.10. The van der Waals surface area contributed by atoms with Crippen LogP contribution in [0.5, 0.6) is 0 Å². The van der Waals surface area contributed by atoms with Gasteiger partial charge in [0.15, 0.2) is 0 Å². The van der Waals surface area contributed by atoms with E-state index in [1.54, 1.807) is 19.1 Å². The van der Waals surface area contributed by atoms with Gasteiger partial charge in [-0.2, -0.15) is 0 Å². The van der Waals surface area contributed by atoms with Gasteiger partial charge in [0.1, 0.15) is 0 Å². The third kappa shape index (κ3) is 3.72. The molecule has 3 heteroatoms. The average molecular weight is 207 g/mol. The fourth-order valence-electron chi connectivity index (χ4n) is 1.33. The van der Waals surface area contributed by atoms with Crippen molar-refractivity contribution in [2.45, 2.75) is 13.5 Å². The van der Waals surface area contributed by atoms with Crippen molar-refractivity contribution in [2.24, 2.45) is 0 Å². The van der Waals surface area contributed by atoms with Crippen LogP contribution in [-0.4, -0.2) is 31.6 Å². The molecule has 3 nitrogen and oxygen atoms in total. The van der Waals surface area contributed by atoms with Crippen molar-refractivity contribution in [2.75, 3.05) is 20.7 Å². The number of nitrogens with zero attached hydrogens (tertiary/aromatic N) is 1. The Balaban J connectivity index is 2.67. The molecule has 0 aliphatic heterocycles. The fourth-order valence-corrected chi connectivity index (χ4v) is 1.33. The lowest BCUT2D eigenvalue weighted by molar-refractivity contribution is 0.0526. The van der Waals surface area contributed by atoms with Crippen molar-refractivity contribution in [3.63, 3.8) is 0 Å². The Hall–Kier alpha value is -1.35. The van der Waals surface area contributed by atoms with Crippen molar-refractivity contribution in [1.29, 1.82) is 0 Å². The first-order valence-electron chi connectivity index (χ1n) is 5.04. The molecule has 15 heavy (non-hydrogen) atoms. The van der Waals surface area contributed by atoms with Crippen LogP contribution in [0.4, 0.5) is 0 Å². The van der Waals surface area contributed by atoms with E-state index in [1.165, 1.54) is 5.56 Å². The lowest BCUT2D eigenvalue weighted by atomic mass is 10.1. The van der Waals surface area contributed by atoms with E-state index >= 15 is 0 Å². The molecule has 0 heterocycles. The Bertz CT molecular complexity index is 317. The van der Waals surface area contributed by atoms with Gasteiger partial charge in [0.05, 0.1) is 12.2 Å².